The summed E-state index contributed by atoms with van der Waals surface area (Å²) in [6.45, 7) is 4.60. The molecular formula is C11H16ClNO. The smallest absolute Gasteiger partial charge is 0.138 e. The van der Waals surface area contributed by atoms with Gasteiger partial charge in [-0.2, -0.15) is 0 Å². The van der Waals surface area contributed by atoms with Gasteiger partial charge in [0.1, 0.15) is 5.75 Å². The van der Waals surface area contributed by atoms with Crippen molar-refractivity contribution in [3.63, 3.8) is 0 Å². The second-order valence-electron chi connectivity index (χ2n) is 3.89. The number of benzene rings is 1. The van der Waals surface area contributed by atoms with Crippen molar-refractivity contribution in [2.45, 2.75) is 26.8 Å². The molecule has 78 valence electrons. The van der Waals surface area contributed by atoms with E-state index in [1.54, 1.807) is 6.07 Å². The summed E-state index contributed by atoms with van der Waals surface area (Å²) >= 11 is 5.88. The van der Waals surface area contributed by atoms with Crippen molar-refractivity contribution in [2.75, 3.05) is 0 Å². The van der Waals surface area contributed by atoms with Crippen LogP contribution in [0.2, 0.25) is 5.02 Å². The molecule has 14 heavy (non-hydrogen) atoms. The second-order valence-corrected chi connectivity index (χ2v) is 4.29. The zero-order chi connectivity index (χ0) is 10.7. The van der Waals surface area contributed by atoms with Gasteiger partial charge in [0.15, 0.2) is 0 Å². The van der Waals surface area contributed by atoms with Crippen molar-refractivity contribution in [3.05, 3.63) is 28.3 Å². The van der Waals surface area contributed by atoms with Gasteiger partial charge in [0.25, 0.3) is 0 Å². The van der Waals surface area contributed by atoms with Crippen LogP contribution in [0.25, 0.3) is 0 Å². The summed E-state index contributed by atoms with van der Waals surface area (Å²) in [6.07, 6.45) is 0.951. The van der Waals surface area contributed by atoms with Crippen molar-refractivity contribution in [1.82, 2.24) is 0 Å². The average Bonchev–Trinajstić information content (AvgIpc) is 2.10. The minimum atomic E-state index is 0.113. The molecule has 0 atom stereocenters. The molecule has 0 bridgehead atoms. The van der Waals surface area contributed by atoms with Crippen molar-refractivity contribution in [2.24, 2.45) is 11.7 Å². The van der Waals surface area contributed by atoms with Crippen LogP contribution in [0.1, 0.15) is 25.0 Å². The highest BCUT2D eigenvalue weighted by atomic mass is 35.5. The molecule has 0 aliphatic rings. The molecule has 3 heteroatoms. The van der Waals surface area contributed by atoms with Crippen molar-refractivity contribution in [3.8, 4) is 5.75 Å². The van der Waals surface area contributed by atoms with Crippen molar-refractivity contribution in [1.29, 1.82) is 0 Å². The molecule has 2 nitrogen and oxygen atoms in total. The third-order valence-corrected chi connectivity index (χ3v) is 2.35. The lowest BCUT2D eigenvalue weighted by Gasteiger charge is -2.09. The van der Waals surface area contributed by atoms with E-state index in [9.17, 15) is 5.11 Å². The monoisotopic (exact) mass is 213 g/mol. The first-order chi connectivity index (χ1) is 6.54. The molecule has 0 amide bonds. The Morgan fingerprint density at radius 3 is 2.57 bits per heavy atom. The van der Waals surface area contributed by atoms with Crippen LogP contribution in [0.4, 0.5) is 0 Å². The van der Waals surface area contributed by atoms with Gasteiger partial charge in [-0.3, -0.25) is 0 Å². The van der Waals surface area contributed by atoms with Crippen LogP contribution >= 0.6 is 11.6 Å². The number of aromatic hydroxyl groups is 1. The lowest BCUT2D eigenvalue weighted by Crippen LogP contribution is -2.00. The molecule has 0 fully saturated rings. The Morgan fingerprint density at radius 2 is 2.07 bits per heavy atom. The van der Waals surface area contributed by atoms with Crippen LogP contribution < -0.4 is 5.73 Å². The van der Waals surface area contributed by atoms with E-state index in [0.717, 1.165) is 12.0 Å². The summed E-state index contributed by atoms with van der Waals surface area (Å²) in [6, 6.07) is 3.72. The molecule has 1 rings (SSSR count). The van der Waals surface area contributed by atoms with Gasteiger partial charge in [-0.15, -0.1) is 0 Å². The fraction of sp³-hybridized carbons (Fsp3) is 0.455. The maximum absolute atomic E-state index is 9.54. The van der Waals surface area contributed by atoms with E-state index in [-0.39, 0.29) is 5.75 Å². The molecule has 0 unspecified atom stereocenters. The Bertz CT molecular complexity index is 323. The van der Waals surface area contributed by atoms with Crippen molar-refractivity contribution >= 4 is 11.6 Å². The van der Waals surface area contributed by atoms with Gasteiger partial charge in [0.2, 0.25) is 0 Å². The van der Waals surface area contributed by atoms with Crippen LogP contribution in [0.15, 0.2) is 12.1 Å². The van der Waals surface area contributed by atoms with Gasteiger partial charge in [-0.05, 0) is 24.0 Å². The number of phenols is 1. The zero-order valence-electron chi connectivity index (χ0n) is 8.55. The predicted octanol–water partition coefficient (Wildman–Crippen LogP) is 2.70. The molecule has 1 aromatic rings. The summed E-state index contributed by atoms with van der Waals surface area (Å²) in [7, 11) is 0. The van der Waals surface area contributed by atoms with Gasteiger partial charge in [-0.25, -0.2) is 0 Å². The molecule has 0 spiro atoms. The summed E-state index contributed by atoms with van der Waals surface area (Å²) in [5.41, 5.74) is 7.34. The molecule has 0 radical (unpaired) electrons. The Labute approximate surface area is 89.7 Å². The molecule has 1 aromatic carbocycles. The normalized spacial score (nSPS) is 10.9. The van der Waals surface area contributed by atoms with Gasteiger partial charge in [-0.1, -0.05) is 31.5 Å². The van der Waals surface area contributed by atoms with Gasteiger partial charge < -0.3 is 10.8 Å². The molecule has 0 heterocycles. The summed E-state index contributed by atoms with van der Waals surface area (Å²) in [5.74, 6) is 0.683. The Morgan fingerprint density at radius 1 is 1.43 bits per heavy atom. The number of hydrogen-bond acceptors (Lipinski definition) is 2. The first-order valence-electron chi connectivity index (χ1n) is 4.75. The highest BCUT2D eigenvalue weighted by molar-refractivity contribution is 6.32. The maximum Gasteiger partial charge on any atom is 0.138 e. The number of hydrogen-bond donors (Lipinski definition) is 2. The lowest BCUT2D eigenvalue weighted by atomic mass is 10.0. The van der Waals surface area contributed by atoms with Crippen LogP contribution in [0.5, 0.6) is 5.75 Å². The SMILES string of the molecule is CC(C)Cc1cc(Cl)c(O)c(CN)c1. The zero-order valence-corrected chi connectivity index (χ0v) is 9.30. The van der Waals surface area contributed by atoms with Crippen LogP contribution in [0.3, 0.4) is 0 Å². The molecule has 0 saturated carbocycles. The molecular weight excluding hydrogens is 198 g/mol. The Kier molecular flexibility index (Phi) is 3.78. The number of phenolic OH excluding ortho intramolecular Hbond substituents is 1. The highest BCUT2D eigenvalue weighted by Crippen LogP contribution is 2.29. The van der Waals surface area contributed by atoms with Crippen molar-refractivity contribution < 1.29 is 5.11 Å². The summed E-state index contributed by atoms with van der Waals surface area (Å²) in [4.78, 5) is 0. The molecule has 0 saturated heterocycles. The summed E-state index contributed by atoms with van der Waals surface area (Å²) in [5, 5.41) is 9.94. The minimum Gasteiger partial charge on any atom is -0.506 e. The van der Waals surface area contributed by atoms with E-state index in [1.807, 2.05) is 6.07 Å². The van der Waals surface area contributed by atoms with Crippen LogP contribution in [0, 0.1) is 5.92 Å². The summed E-state index contributed by atoms with van der Waals surface area (Å²) < 4.78 is 0. The van der Waals surface area contributed by atoms with E-state index < -0.39 is 0 Å². The highest BCUT2D eigenvalue weighted by Gasteiger charge is 2.08. The van der Waals surface area contributed by atoms with E-state index in [4.69, 9.17) is 17.3 Å². The average molecular weight is 214 g/mol. The standard InChI is InChI=1S/C11H16ClNO/c1-7(2)3-8-4-9(6-13)11(14)10(12)5-8/h4-5,7,14H,3,6,13H2,1-2H3. The molecule has 3 N–H and O–H groups in total. The van der Waals surface area contributed by atoms with Gasteiger partial charge in [0.05, 0.1) is 5.02 Å². The lowest BCUT2D eigenvalue weighted by molar-refractivity contribution is 0.468. The third kappa shape index (κ3) is 2.63. The quantitative estimate of drug-likeness (QED) is 0.811. The maximum atomic E-state index is 9.54. The van der Waals surface area contributed by atoms with E-state index >= 15 is 0 Å². The second kappa shape index (κ2) is 4.67. The van der Waals surface area contributed by atoms with Gasteiger partial charge in [0, 0.05) is 12.1 Å². The fourth-order valence-corrected chi connectivity index (χ4v) is 1.72. The Balaban J connectivity index is 3.03. The van der Waals surface area contributed by atoms with Gasteiger partial charge >= 0.3 is 0 Å². The van der Waals surface area contributed by atoms with Crippen LogP contribution in [-0.4, -0.2) is 5.11 Å². The number of nitrogens with two attached hydrogens (primary N) is 1. The Hall–Kier alpha value is -0.730. The fourth-order valence-electron chi connectivity index (χ4n) is 1.46. The first-order valence-corrected chi connectivity index (χ1v) is 5.12. The first kappa shape index (κ1) is 11.3. The molecule has 0 aromatic heterocycles. The topological polar surface area (TPSA) is 46.2 Å². The molecule has 0 aliphatic heterocycles. The molecule has 0 aliphatic carbocycles. The minimum absolute atomic E-state index is 0.113. The predicted molar refractivity (Wildman–Crippen MR) is 59.6 cm³/mol. The third-order valence-electron chi connectivity index (χ3n) is 2.07. The van der Waals surface area contributed by atoms with E-state index in [0.29, 0.717) is 23.0 Å². The number of halogens is 1. The van der Waals surface area contributed by atoms with E-state index in [2.05, 4.69) is 13.8 Å². The number of rotatable bonds is 3. The van der Waals surface area contributed by atoms with E-state index in [1.165, 1.54) is 0 Å². The largest absolute Gasteiger partial charge is 0.506 e. The van der Waals surface area contributed by atoms with Crippen LogP contribution in [-0.2, 0) is 13.0 Å².